The molecule has 5 nitrogen and oxygen atoms in total. The summed E-state index contributed by atoms with van der Waals surface area (Å²) in [6, 6.07) is 0. The summed E-state index contributed by atoms with van der Waals surface area (Å²) in [7, 11) is 0. The second-order valence-electron chi connectivity index (χ2n) is 4.48. The summed E-state index contributed by atoms with van der Waals surface area (Å²) in [6.45, 7) is 1.02. The molecule has 19 heavy (non-hydrogen) atoms. The maximum absolute atomic E-state index is 5.72. The summed E-state index contributed by atoms with van der Waals surface area (Å²) < 4.78 is 2.24. The second-order valence-corrected chi connectivity index (χ2v) is 5.81. The molecular weight excluding hydrogens is 282 g/mol. The topological polar surface area (TPSA) is 56.5 Å². The van der Waals surface area contributed by atoms with Crippen LogP contribution < -0.4 is 0 Å². The molecule has 0 saturated heterocycles. The molecule has 0 bridgehead atoms. The molecule has 3 rings (SSSR count). The molecular formula is C12H14ClN5S. The van der Waals surface area contributed by atoms with Crippen molar-refractivity contribution >= 4 is 23.4 Å². The van der Waals surface area contributed by atoms with Gasteiger partial charge in [-0.1, -0.05) is 29.8 Å². The minimum Gasteiger partial charge on any atom is -0.306 e. The van der Waals surface area contributed by atoms with E-state index in [1.54, 1.807) is 24.2 Å². The quantitative estimate of drug-likeness (QED) is 0.815. The number of aryl methyl sites for hydroxylation is 1. The third-order valence-corrected chi connectivity index (χ3v) is 4.29. The first kappa shape index (κ1) is 12.9. The Hall–Kier alpha value is -1.14. The highest BCUT2D eigenvalue weighted by Gasteiger charge is 2.15. The molecule has 0 spiro atoms. The molecule has 0 N–H and O–H groups in total. The van der Waals surface area contributed by atoms with Gasteiger partial charge in [0.05, 0.1) is 18.1 Å². The third kappa shape index (κ3) is 3.06. The SMILES string of the molecule is Clc1cnc(CSc2nnc3n2CCCCC3)cn1. The van der Waals surface area contributed by atoms with Crippen LogP contribution in [-0.2, 0) is 18.7 Å². The molecule has 0 saturated carbocycles. The molecule has 1 aliphatic rings. The molecule has 0 radical (unpaired) electrons. The Morgan fingerprint density at radius 1 is 1.16 bits per heavy atom. The summed E-state index contributed by atoms with van der Waals surface area (Å²) in [5.41, 5.74) is 0.903. The lowest BCUT2D eigenvalue weighted by Crippen LogP contribution is -2.02. The Labute approximate surface area is 120 Å². The average molecular weight is 296 g/mol. The third-order valence-electron chi connectivity index (χ3n) is 3.10. The van der Waals surface area contributed by atoms with Gasteiger partial charge in [0.25, 0.3) is 0 Å². The van der Waals surface area contributed by atoms with Crippen LogP contribution in [0.25, 0.3) is 0 Å². The first-order valence-electron chi connectivity index (χ1n) is 6.34. The van der Waals surface area contributed by atoms with Gasteiger partial charge < -0.3 is 4.57 Å². The van der Waals surface area contributed by atoms with Crippen molar-refractivity contribution in [1.29, 1.82) is 0 Å². The summed E-state index contributed by atoms with van der Waals surface area (Å²) in [6.07, 6.45) is 8.01. The van der Waals surface area contributed by atoms with Crippen LogP contribution in [0.5, 0.6) is 0 Å². The van der Waals surface area contributed by atoms with E-state index in [9.17, 15) is 0 Å². The molecule has 0 fully saturated rings. The smallest absolute Gasteiger partial charge is 0.191 e. The molecule has 0 atom stereocenters. The Kier molecular flexibility index (Phi) is 3.98. The molecule has 7 heteroatoms. The van der Waals surface area contributed by atoms with Crippen molar-refractivity contribution in [2.24, 2.45) is 0 Å². The van der Waals surface area contributed by atoms with Gasteiger partial charge in [0.1, 0.15) is 11.0 Å². The number of thioether (sulfide) groups is 1. The van der Waals surface area contributed by atoms with Crippen molar-refractivity contribution in [3.05, 3.63) is 29.1 Å². The van der Waals surface area contributed by atoms with Crippen LogP contribution in [0.3, 0.4) is 0 Å². The van der Waals surface area contributed by atoms with Crippen molar-refractivity contribution in [2.45, 2.75) is 43.1 Å². The first-order chi connectivity index (χ1) is 9.33. The zero-order valence-corrected chi connectivity index (χ0v) is 12.0. The van der Waals surface area contributed by atoms with Crippen LogP contribution >= 0.6 is 23.4 Å². The van der Waals surface area contributed by atoms with Crippen molar-refractivity contribution < 1.29 is 0 Å². The van der Waals surface area contributed by atoms with Gasteiger partial charge in [-0.05, 0) is 12.8 Å². The predicted molar refractivity (Wildman–Crippen MR) is 74.2 cm³/mol. The summed E-state index contributed by atoms with van der Waals surface area (Å²) in [4.78, 5) is 8.26. The highest BCUT2D eigenvalue weighted by atomic mass is 35.5. The van der Waals surface area contributed by atoms with E-state index in [1.165, 1.54) is 19.3 Å². The number of fused-ring (bicyclic) bond motifs is 1. The van der Waals surface area contributed by atoms with Gasteiger partial charge in [0.2, 0.25) is 0 Å². The fourth-order valence-electron chi connectivity index (χ4n) is 2.12. The van der Waals surface area contributed by atoms with Crippen LogP contribution in [0.1, 0.15) is 30.8 Å². The van der Waals surface area contributed by atoms with E-state index in [0.29, 0.717) is 5.15 Å². The highest BCUT2D eigenvalue weighted by Crippen LogP contribution is 2.24. The minimum absolute atomic E-state index is 0.421. The second kappa shape index (κ2) is 5.88. The molecule has 0 aromatic carbocycles. The lowest BCUT2D eigenvalue weighted by Gasteiger charge is -2.05. The van der Waals surface area contributed by atoms with Gasteiger partial charge in [0.15, 0.2) is 5.16 Å². The average Bonchev–Trinajstić information content (AvgIpc) is 2.66. The van der Waals surface area contributed by atoms with E-state index in [2.05, 4.69) is 24.7 Å². The largest absolute Gasteiger partial charge is 0.306 e. The number of rotatable bonds is 3. The summed E-state index contributed by atoms with van der Waals surface area (Å²) in [5.74, 6) is 1.85. The van der Waals surface area contributed by atoms with E-state index >= 15 is 0 Å². The monoisotopic (exact) mass is 295 g/mol. The molecule has 0 unspecified atom stereocenters. The van der Waals surface area contributed by atoms with Crippen LogP contribution in [0.15, 0.2) is 17.6 Å². The van der Waals surface area contributed by atoms with Crippen molar-refractivity contribution in [3.63, 3.8) is 0 Å². The fourth-order valence-corrected chi connectivity index (χ4v) is 3.09. The Bertz CT molecular complexity index is 554. The zero-order chi connectivity index (χ0) is 13.1. The predicted octanol–water partition coefficient (Wildman–Crippen LogP) is 2.74. The zero-order valence-electron chi connectivity index (χ0n) is 10.4. The van der Waals surface area contributed by atoms with E-state index < -0.39 is 0 Å². The normalized spacial score (nSPS) is 15.0. The standard InChI is InChI=1S/C12H14ClN5S/c13-10-7-14-9(6-15-10)8-19-12-17-16-11-4-2-1-3-5-18(11)12/h6-7H,1-5,8H2. The lowest BCUT2D eigenvalue weighted by molar-refractivity contribution is 0.591. The van der Waals surface area contributed by atoms with Gasteiger partial charge in [0, 0.05) is 18.7 Å². The molecule has 1 aliphatic heterocycles. The van der Waals surface area contributed by atoms with Gasteiger partial charge in [-0.15, -0.1) is 10.2 Å². The van der Waals surface area contributed by atoms with E-state index in [1.807, 2.05) is 0 Å². The molecule has 3 heterocycles. The Morgan fingerprint density at radius 3 is 2.95 bits per heavy atom. The molecule has 2 aromatic rings. The van der Waals surface area contributed by atoms with Crippen LogP contribution in [0, 0.1) is 0 Å². The van der Waals surface area contributed by atoms with E-state index in [-0.39, 0.29) is 0 Å². The first-order valence-corrected chi connectivity index (χ1v) is 7.70. The summed E-state index contributed by atoms with van der Waals surface area (Å²) >= 11 is 7.37. The number of nitrogens with zero attached hydrogens (tertiary/aromatic N) is 5. The maximum Gasteiger partial charge on any atom is 0.191 e. The molecule has 100 valence electrons. The van der Waals surface area contributed by atoms with E-state index in [0.717, 1.165) is 35.4 Å². The van der Waals surface area contributed by atoms with Crippen LogP contribution in [-0.4, -0.2) is 24.7 Å². The van der Waals surface area contributed by atoms with Crippen LogP contribution in [0.2, 0.25) is 5.15 Å². The molecule has 0 aliphatic carbocycles. The van der Waals surface area contributed by atoms with Gasteiger partial charge in [-0.2, -0.15) is 0 Å². The van der Waals surface area contributed by atoms with Gasteiger partial charge >= 0.3 is 0 Å². The Balaban J connectivity index is 1.70. The highest BCUT2D eigenvalue weighted by molar-refractivity contribution is 7.98. The number of hydrogen-bond acceptors (Lipinski definition) is 5. The lowest BCUT2D eigenvalue weighted by atomic mass is 10.2. The van der Waals surface area contributed by atoms with Gasteiger partial charge in [-0.25, -0.2) is 4.98 Å². The number of aromatic nitrogens is 5. The van der Waals surface area contributed by atoms with Crippen molar-refractivity contribution in [1.82, 2.24) is 24.7 Å². The Morgan fingerprint density at radius 2 is 2.11 bits per heavy atom. The molecule has 2 aromatic heterocycles. The maximum atomic E-state index is 5.72. The van der Waals surface area contributed by atoms with Gasteiger partial charge in [-0.3, -0.25) is 4.98 Å². The van der Waals surface area contributed by atoms with Crippen molar-refractivity contribution in [3.8, 4) is 0 Å². The van der Waals surface area contributed by atoms with Crippen molar-refractivity contribution in [2.75, 3.05) is 0 Å². The van der Waals surface area contributed by atoms with Crippen LogP contribution in [0.4, 0.5) is 0 Å². The van der Waals surface area contributed by atoms with E-state index in [4.69, 9.17) is 11.6 Å². The minimum atomic E-state index is 0.421. The fraction of sp³-hybridized carbons (Fsp3) is 0.500. The number of hydrogen-bond donors (Lipinski definition) is 0. The number of halogens is 1. The molecule has 0 amide bonds. The summed E-state index contributed by atoms with van der Waals surface area (Å²) in [5, 5.41) is 9.95.